The van der Waals surface area contributed by atoms with Crippen LogP contribution in [0.1, 0.15) is 21.5 Å². The molecule has 37 heavy (non-hydrogen) atoms. The summed E-state index contributed by atoms with van der Waals surface area (Å²) in [7, 11) is -8.90. The van der Waals surface area contributed by atoms with E-state index in [2.05, 4.69) is 15.0 Å². The lowest BCUT2D eigenvalue weighted by Crippen LogP contribution is -2.31. The molecule has 1 heterocycles. The molecule has 0 aliphatic heterocycles. The molecule has 3 rings (SSSR count). The van der Waals surface area contributed by atoms with Gasteiger partial charge >= 0.3 is 12.1 Å². The van der Waals surface area contributed by atoms with Crippen LogP contribution in [0.2, 0.25) is 0 Å². The fourth-order valence-electron chi connectivity index (χ4n) is 2.52. The summed E-state index contributed by atoms with van der Waals surface area (Å²) in [6.45, 7) is -0.615. The van der Waals surface area contributed by atoms with E-state index in [1.807, 2.05) is 4.72 Å². The fraction of sp³-hybridized carbons (Fsp3) is 0.111. The van der Waals surface area contributed by atoms with Crippen LogP contribution in [0.5, 0.6) is 0 Å². The van der Waals surface area contributed by atoms with E-state index in [4.69, 9.17) is 9.84 Å². The maximum Gasteiger partial charge on any atom is 0.421 e. The summed E-state index contributed by atoms with van der Waals surface area (Å²) < 4.78 is 57.4. The molecular formula is C18H15N5O11S3. The topological polar surface area (TPSA) is 234 Å². The number of anilines is 1. The lowest BCUT2D eigenvalue weighted by molar-refractivity contribution is -0.763. The van der Waals surface area contributed by atoms with Gasteiger partial charge in [-0.1, -0.05) is 41.7 Å². The molecule has 1 aromatic heterocycles. The van der Waals surface area contributed by atoms with Gasteiger partial charge in [0, 0.05) is 0 Å². The number of carboxylic acids is 1. The molecule has 0 saturated carbocycles. The predicted molar refractivity (Wildman–Crippen MR) is 123 cm³/mol. The molecule has 0 radical (unpaired) electrons. The van der Waals surface area contributed by atoms with Crippen LogP contribution < -0.4 is 9.44 Å². The molecule has 2 aromatic carbocycles. The van der Waals surface area contributed by atoms with E-state index in [1.54, 1.807) is 4.72 Å². The number of amides is 1. The maximum atomic E-state index is 12.5. The average molecular weight is 574 g/mol. The van der Waals surface area contributed by atoms with Crippen LogP contribution in [0.25, 0.3) is 0 Å². The van der Waals surface area contributed by atoms with Crippen molar-refractivity contribution < 1.29 is 46.2 Å². The molecule has 0 saturated heterocycles. The van der Waals surface area contributed by atoms with Crippen LogP contribution in [0, 0.1) is 10.1 Å². The molecule has 0 aliphatic carbocycles. The second-order valence-electron chi connectivity index (χ2n) is 6.81. The fourth-order valence-corrected chi connectivity index (χ4v) is 5.59. The van der Waals surface area contributed by atoms with Gasteiger partial charge in [-0.3, -0.25) is 4.72 Å². The number of hydrogen-bond donors (Lipinski definition) is 3. The number of sulfonamides is 2. The zero-order valence-corrected chi connectivity index (χ0v) is 20.6. The van der Waals surface area contributed by atoms with Crippen molar-refractivity contribution in [3.05, 3.63) is 75.3 Å². The largest absolute Gasteiger partial charge is 0.478 e. The highest BCUT2D eigenvalue weighted by atomic mass is 32.2. The number of carbonyl (C=O) groups excluding carboxylic acids is 1. The first-order valence-electron chi connectivity index (χ1n) is 9.60. The lowest BCUT2D eigenvalue weighted by Gasteiger charge is -2.07. The molecule has 0 fully saturated rings. The Morgan fingerprint density at radius 2 is 1.65 bits per heavy atom. The van der Waals surface area contributed by atoms with Crippen LogP contribution in [0.4, 0.5) is 9.93 Å². The van der Waals surface area contributed by atoms with E-state index in [0.717, 1.165) is 12.1 Å². The number of nitrogens with zero attached hydrogens (tertiary/aromatic N) is 3. The molecule has 3 aromatic rings. The first-order valence-corrected chi connectivity index (χ1v) is 13.4. The molecule has 0 bridgehead atoms. The monoisotopic (exact) mass is 573 g/mol. The van der Waals surface area contributed by atoms with E-state index in [1.165, 1.54) is 36.4 Å². The highest BCUT2D eigenvalue weighted by Gasteiger charge is 2.26. The van der Waals surface area contributed by atoms with Crippen molar-refractivity contribution in [2.24, 2.45) is 0 Å². The molecule has 1 amide bonds. The minimum Gasteiger partial charge on any atom is -0.478 e. The van der Waals surface area contributed by atoms with Crippen LogP contribution in [-0.2, 0) is 42.8 Å². The van der Waals surface area contributed by atoms with Crippen LogP contribution >= 0.6 is 11.3 Å². The molecule has 0 spiro atoms. The predicted octanol–water partition coefficient (Wildman–Crippen LogP) is 1.36. The quantitative estimate of drug-likeness (QED) is 0.217. The van der Waals surface area contributed by atoms with E-state index < -0.39 is 51.6 Å². The van der Waals surface area contributed by atoms with Gasteiger partial charge in [-0.05, 0) is 29.3 Å². The molecule has 19 heteroatoms. The summed E-state index contributed by atoms with van der Waals surface area (Å²) in [5, 5.41) is 24.6. The molecule has 16 nitrogen and oxygen atoms in total. The molecule has 3 N–H and O–H groups in total. The van der Waals surface area contributed by atoms with Gasteiger partial charge in [0.2, 0.25) is 5.13 Å². The van der Waals surface area contributed by atoms with Gasteiger partial charge in [0.15, 0.2) is 0 Å². The van der Waals surface area contributed by atoms with E-state index in [-0.39, 0.29) is 30.1 Å². The van der Waals surface area contributed by atoms with Crippen molar-refractivity contribution in [1.29, 1.82) is 0 Å². The zero-order chi connectivity index (χ0) is 27.2. The van der Waals surface area contributed by atoms with E-state index in [0.29, 0.717) is 11.1 Å². The normalized spacial score (nSPS) is 11.4. The van der Waals surface area contributed by atoms with E-state index in [9.17, 15) is 36.5 Å². The Labute approximate surface area is 212 Å². The summed E-state index contributed by atoms with van der Waals surface area (Å²) in [6, 6.07) is 10.4. The van der Waals surface area contributed by atoms with Gasteiger partial charge in [0.05, 0.1) is 10.5 Å². The van der Waals surface area contributed by atoms with Crippen molar-refractivity contribution >= 4 is 48.6 Å². The molecule has 0 aliphatic rings. The van der Waals surface area contributed by atoms with Crippen molar-refractivity contribution in [1.82, 2.24) is 14.9 Å². The Kier molecular flexibility index (Phi) is 8.20. The minimum absolute atomic E-state index is 0.276. The van der Waals surface area contributed by atoms with Gasteiger partial charge in [0.25, 0.3) is 29.5 Å². The highest BCUT2D eigenvalue weighted by Crippen LogP contribution is 2.23. The van der Waals surface area contributed by atoms with Crippen molar-refractivity contribution in [2.75, 3.05) is 4.72 Å². The Balaban J connectivity index is 1.59. The summed E-state index contributed by atoms with van der Waals surface area (Å²) in [5.41, 5.74) is 0.632. The first-order chi connectivity index (χ1) is 17.4. The van der Waals surface area contributed by atoms with Crippen LogP contribution in [0.3, 0.4) is 0 Å². The van der Waals surface area contributed by atoms with Crippen molar-refractivity contribution in [2.45, 2.75) is 22.4 Å². The average Bonchev–Trinajstić information content (AvgIpc) is 3.31. The zero-order valence-electron chi connectivity index (χ0n) is 18.1. The number of aromatic nitrogens is 2. The second kappa shape index (κ2) is 11.1. The van der Waals surface area contributed by atoms with Crippen molar-refractivity contribution in [3.8, 4) is 0 Å². The third-order valence-electron chi connectivity index (χ3n) is 4.20. The Hall–Kier alpha value is -4.36. The SMILES string of the molecule is O=C(NS(=O)(=O)c1nnc(NS(=O)(=O)c2cccc(C(=O)O)c2)s1)OCc1ccc(CO[N+](=O)[O-])cc1. The lowest BCUT2D eigenvalue weighted by atomic mass is 10.1. The minimum atomic E-state index is -4.58. The summed E-state index contributed by atoms with van der Waals surface area (Å²) in [4.78, 5) is 37.0. The smallest absolute Gasteiger partial charge is 0.421 e. The Morgan fingerprint density at radius 3 is 2.27 bits per heavy atom. The Bertz CT molecular complexity index is 1540. The van der Waals surface area contributed by atoms with Gasteiger partial charge in [0.1, 0.15) is 13.2 Å². The standard InChI is InChI=1S/C18H15N5O11S3/c24-15(25)13-2-1-3-14(8-13)36(29,30)21-16-19-20-18(35-16)37(31,32)22-17(26)33-9-11-4-6-12(7-5-11)10-34-23(27)28/h1-8H,9-10H2,(H,19,21)(H,22,26)(H,24,25). The van der Waals surface area contributed by atoms with Crippen LogP contribution in [0.15, 0.2) is 57.8 Å². The second-order valence-corrected chi connectivity index (χ2v) is 11.3. The summed E-state index contributed by atoms with van der Waals surface area (Å²) >= 11 is 0.290. The third kappa shape index (κ3) is 7.56. The Morgan fingerprint density at radius 1 is 1.00 bits per heavy atom. The molecular weight excluding hydrogens is 558 g/mol. The summed E-state index contributed by atoms with van der Waals surface area (Å²) in [6.07, 6.45) is -1.36. The molecule has 0 unspecified atom stereocenters. The number of ether oxygens (including phenoxy) is 1. The first kappa shape index (κ1) is 27.2. The van der Waals surface area contributed by atoms with Gasteiger partial charge in [-0.2, -0.15) is 8.42 Å². The highest BCUT2D eigenvalue weighted by molar-refractivity contribution is 7.93. The third-order valence-corrected chi connectivity index (χ3v) is 8.18. The van der Waals surface area contributed by atoms with Gasteiger partial charge in [-0.25, -0.2) is 22.7 Å². The molecule has 0 atom stereocenters. The van der Waals surface area contributed by atoms with Gasteiger partial charge in [-0.15, -0.1) is 20.3 Å². The number of benzene rings is 2. The van der Waals surface area contributed by atoms with Gasteiger partial charge < -0.3 is 14.7 Å². The number of hydrogen-bond acceptors (Lipinski definition) is 13. The van der Waals surface area contributed by atoms with Crippen LogP contribution in [-0.4, -0.2) is 49.3 Å². The molecule has 196 valence electrons. The number of aromatic carboxylic acids is 1. The maximum absolute atomic E-state index is 12.5. The van der Waals surface area contributed by atoms with Crippen molar-refractivity contribution in [3.63, 3.8) is 0 Å². The number of carbonyl (C=O) groups is 2. The number of nitrogens with one attached hydrogen (secondary N) is 2. The van der Waals surface area contributed by atoms with E-state index >= 15 is 0 Å². The number of rotatable bonds is 11. The number of carboxylic acid groups (broad SMARTS) is 1. The summed E-state index contributed by atoms with van der Waals surface area (Å²) in [5.74, 6) is -1.35.